The van der Waals surface area contributed by atoms with Crippen LogP contribution in [0.3, 0.4) is 0 Å². The van der Waals surface area contributed by atoms with Crippen LogP contribution >= 0.6 is 7.14 Å². The van der Waals surface area contributed by atoms with Crippen molar-refractivity contribution in [3.05, 3.63) is 125 Å². The van der Waals surface area contributed by atoms with Crippen molar-refractivity contribution in [3.8, 4) is 5.75 Å². The summed E-state index contributed by atoms with van der Waals surface area (Å²) in [5, 5.41) is 7.67. The van der Waals surface area contributed by atoms with E-state index >= 15 is 17.7 Å². The van der Waals surface area contributed by atoms with Crippen LogP contribution in [0.1, 0.15) is 22.3 Å². The van der Waals surface area contributed by atoms with E-state index in [0.717, 1.165) is 0 Å². The lowest BCUT2D eigenvalue weighted by atomic mass is 9.87. The van der Waals surface area contributed by atoms with Gasteiger partial charge in [0.1, 0.15) is 5.75 Å². The van der Waals surface area contributed by atoms with E-state index in [-0.39, 0.29) is 38.6 Å². The van der Waals surface area contributed by atoms with Crippen molar-refractivity contribution in [1.82, 2.24) is 0 Å². The molecule has 2 nitrogen and oxygen atoms in total. The van der Waals surface area contributed by atoms with Gasteiger partial charge in [-0.3, -0.25) is 0 Å². The van der Waals surface area contributed by atoms with E-state index in [1.165, 1.54) is 60.7 Å². The number of hydrogen-bond donors (Lipinski definition) is 1. The highest BCUT2D eigenvalue weighted by Crippen LogP contribution is 2.71. The van der Waals surface area contributed by atoms with Gasteiger partial charge in [0.15, 0.2) is 12.3 Å². The summed E-state index contributed by atoms with van der Waals surface area (Å²) in [6.07, 6.45) is -4.95. The summed E-state index contributed by atoms with van der Waals surface area (Å²) in [5.41, 5.74) is 0.275. The first-order valence-electron chi connectivity index (χ1n) is 10.8. The van der Waals surface area contributed by atoms with Gasteiger partial charge in [0, 0.05) is 10.6 Å². The normalized spacial score (nSPS) is 13.9. The summed E-state index contributed by atoms with van der Waals surface area (Å²) in [4.78, 5) is 0. The fourth-order valence-corrected chi connectivity index (χ4v) is 8.31. The first-order valence-corrected chi connectivity index (χ1v) is 12.5. The molecule has 6 heteroatoms. The Kier molecular flexibility index (Phi) is 6.18. The van der Waals surface area contributed by atoms with Gasteiger partial charge in [-0.1, -0.05) is 103 Å². The molecule has 0 radical (unpaired) electrons. The van der Waals surface area contributed by atoms with E-state index in [2.05, 4.69) is 0 Å². The minimum absolute atomic E-state index is 0.0814. The molecule has 0 aliphatic carbocycles. The van der Waals surface area contributed by atoms with Crippen LogP contribution in [0.4, 0.5) is 13.2 Å². The number of phenols is 1. The Morgan fingerprint density at radius 3 is 1.41 bits per heavy atom. The number of benzene rings is 4. The molecule has 34 heavy (non-hydrogen) atoms. The quantitative estimate of drug-likeness (QED) is 0.318. The lowest BCUT2D eigenvalue weighted by molar-refractivity contribution is -0.154. The van der Waals surface area contributed by atoms with E-state index in [1.807, 2.05) is 0 Å². The lowest BCUT2D eigenvalue weighted by Crippen LogP contribution is -2.48. The minimum atomic E-state index is -4.95. The summed E-state index contributed by atoms with van der Waals surface area (Å²) in [7, 11) is -4.49. The highest BCUT2D eigenvalue weighted by atomic mass is 31.2. The Morgan fingerprint density at radius 1 is 0.647 bits per heavy atom. The molecule has 0 amide bonds. The van der Waals surface area contributed by atoms with E-state index < -0.39 is 18.5 Å². The predicted molar refractivity (Wildman–Crippen MR) is 131 cm³/mol. The molecule has 0 saturated carbocycles. The Hall–Kier alpha value is -3.30. The van der Waals surface area contributed by atoms with E-state index in [0.29, 0.717) is 0 Å². The Morgan fingerprint density at radius 2 is 1.03 bits per heavy atom. The third kappa shape index (κ3) is 3.56. The molecule has 0 saturated heterocycles. The van der Waals surface area contributed by atoms with Crippen molar-refractivity contribution in [2.45, 2.75) is 25.2 Å². The molecule has 0 aliphatic rings. The van der Waals surface area contributed by atoms with Crippen molar-refractivity contribution < 1.29 is 22.8 Å². The zero-order chi connectivity index (χ0) is 24.6. The average molecular weight is 480 g/mol. The second-order valence-corrected chi connectivity index (χ2v) is 11.2. The molecular weight excluding hydrogens is 456 g/mol. The molecule has 0 aromatic heterocycles. The lowest BCUT2D eigenvalue weighted by Gasteiger charge is -2.43. The van der Waals surface area contributed by atoms with E-state index in [1.54, 1.807) is 56.3 Å². The van der Waals surface area contributed by atoms with Crippen LogP contribution in [0, 0.1) is 13.8 Å². The van der Waals surface area contributed by atoms with Gasteiger partial charge in [0.25, 0.3) is 0 Å². The highest BCUT2D eigenvalue weighted by Gasteiger charge is 2.68. The van der Waals surface area contributed by atoms with E-state index in [9.17, 15) is 5.11 Å². The molecule has 4 aromatic carbocycles. The molecule has 4 aromatic rings. The maximum Gasteiger partial charge on any atom is 0.409 e. The maximum absolute atomic E-state index is 15.7. The largest absolute Gasteiger partial charge is 0.507 e. The van der Waals surface area contributed by atoms with Crippen LogP contribution in [0.15, 0.2) is 103 Å². The zero-order valence-electron chi connectivity index (χ0n) is 18.8. The number of rotatable bonds is 5. The van der Waals surface area contributed by atoms with Gasteiger partial charge in [-0.15, -0.1) is 0 Å². The minimum Gasteiger partial charge on any atom is -0.507 e. The van der Waals surface area contributed by atoms with Gasteiger partial charge in [-0.25, -0.2) is 0 Å². The van der Waals surface area contributed by atoms with Crippen LogP contribution in [0.25, 0.3) is 0 Å². The highest BCUT2D eigenvalue weighted by molar-refractivity contribution is 7.80. The zero-order valence-corrected chi connectivity index (χ0v) is 19.6. The Labute approximate surface area is 197 Å². The second kappa shape index (κ2) is 8.81. The molecule has 1 atom stereocenters. The summed E-state index contributed by atoms with van der Waals surface area (Å²) < 4.78 is 62.6. The standard InChI is InChI=1S/C28H24F3O2P/c1-20-18-23(19-21(2)26(20)32)27(28(29,30)31,22-12-6-3-7-13-22)34(33,24-14-8-4-9-15-24)25-16-10-5-11-17-25/h3-19,32H,1-2H3. The number of alkyl halides is 3. The fraction of sp³-hybridized carbons (Fsp3) is 0.143. The summed E-state index contributed by atoms with van der Waals surface area (Å²) in [5.74, 6) is -0.0814. The predicted octanol–water partition coefficient (Wildman–Crippen LogP) is 6.83. The van der Waals surface area contributed by atoms with E-state index in [4.69, 9.17) is 0 Å². The van der Waals surface area contributed by atoms with Crippen LogP contribution in [-0.4, -0.2) is 11.3 Å². The third-order valence-electron chi connectivity index (χ3n) is 6.22. The van der Waals surface area contributed by atoms with Gasteiger partial charge in [0.05, 0.1) is 0 Å². The summed E-state index contributed by atoms with van der Waals surface area (Å²) >= 11 is 0. The van der Waals surface area contributed by atoms with Crippen molar-refractivity contribution >= 4 is 17.8 Å². The topological polar surface area (TPSA) is 37.3 Å². The molecule has 0 spiro atoms. The fourth-order valence-electron chi connectivity index (χ4n) is 4.69. The summed E-state index contributed by atoms with van der Waals surface area (Å²) in [6.45, 7) is 3.10. The first kappa shape index (κ1) is 23.8. The van der Waals surface area contributed by atoms with Gasteiger partial charge < -0.3 is 9.67 Å². The summed E-state index contributed by atoms with van der Waals surface area (Å²) in [6, 6.07) is 25.8. The molecular formula is C28H24F3O2P. The van der Waals surface area contributed by atoms with Gasteiger partial charge in [-0.2, -0.15) is 13.2 Å². The molecule has 0 heterocycles. The van der Waals surface area contributed by atoms with Crippen molar-refractivity contribution in [2.24, 2.45) is 0 Å². The Bertz CT molecular complexity index is 1270. The first-order chi connectivity index (χ1) is 16.1. The number of aryl methyl sites for hydroxylation is 2. The van der Waals surface area contributed by atoms with Crippen LogP contribution in [-0.2, 0) is 9.72 Å². The third-order valence-corrected chi connectivity index (χ3v) is 9.99. The number of halogens is 3. The molecule has 0 aliphatic heterocycles. The molecule has 1 unspecified atom stereocenters. The van der Waals surface area contributed by atoms with Crippen molar-refractivity contribution in [2.75, 3.05) is 0 Å². The molecule has 0 fully saturated rings. The SMILES string of the molecule is Cc1cc(C(c2ccccc2)(C(F)(F)F)P(=O)(c2ccccc2)c2ccccc2)cc(C)c1O. The second-order valence-electron chi connectivity index (χ2n) is 8.31. The molecule has 1 N–H and O–H groups in total. The number of hydrogen-bond acceptors (Lipinski definition) is 2. The van der Waals surface area contributed by atoms with Crippen LogP contribution in [0.5, 0.6) is 5.75 Å². The molecule has 0 bridgehead atoms. The monoisotopic (exact) mass is 480 g/mol. The Balaban J connectivity index is 2.29. The number of aromatic hydroxyl groups is 1. The van der Waals surface area contributed by atoms with Crippen molar-refractivity contribution in [1.29, 1.82) is 0 Å². The smallest absolute Gasteiger partial charge is 0.409 e. The average Bonchev–Trinajstić information content (AvgIpc) is 2.83. The van der Waals surface area contributed by atoms with Gasteiger partial charge in [0.2, 0.25) is 0 Å². The number of phenolic OH excluding ortho intramolecular Hbond substituents is 1. The molecule has 4 rings (SSSR count). The van der Waals surface area contributed by atoms with Crippen LogP contribution in [0.2, 0.25) is 0 Å². The van der Waals surface area contributed by atoms with Crippen molar-refractivity contribution in [3.63, 3.8) is 0 Å². The van der Waals surface area contributed by atoms with Gasteiger partial charge >= 0.3 is 6.18 Å². The van der Waals surface area contributed by atoms with Crippen LogP contribution < -0.4 is 10.6 Å². The van der Waals surface area contributed by atoms with Gasteiger partial charge in [-0.05, 0) is 36.1 Å². The molecule has 174 valence electrons. The maximum atomic E-state index is 15.7.